The van der Waals surface area contributed by atoms with Crippen LogP contribution in [0.1, 0.15) is 17.0 Å². The number of nitrogens with zero attached hydrogens (tertiary/aromatic N) is 2. The number of hydrogen-bond donors (Lipinski definition) is 1. The average molecular weight is 298 g/mol. The molecule has 1 heterocycles. The summed E-state index contributed by atoms with van der Waals surface area (Å²) in [6, 6.07) is 3.03. The van der Waals surface area contributed by atoms with Crippen molar-refractivity contribution in [2.75, 3.05) is 5.73 Å². The van der Waals surface area contributed by atoms with Gasteiger partial charge in [0.25, 0.3) is 0 Å². The van der Waals surface area contributed by atoms with Crippen LogP contribution in [-0.4, -0.2) is 9.78 Å². The summed E-state index contributed by atoms with van der Waals surface area (Å²) < 4.78 is 16.0. The van der Waals surface area contributed by atoms with Gasteiger partial charge in [-0.3, -0.25) is 0 Å². The van der Waals surface area contributed by atoms with Crippen molar-refractivity contribution in [3.63, 3.8) is 0 Å². The van der Waals surface area contributed by atoms with Crippen molar-refractivity contribution in [1.82, 2.24) is 9.78 Å². The standard InChI is InChI=1S/C12H13BrFN3/c1-6-4-11(10(15)5-9(6)14)17-8(3)12(13)7(2)16-17/h4-5H,15H2,1-3H3. The smallest absolute Gasteiger partial charge is 0.128 e. The normalized spacial score (nSPS) is 10.9. The molecule has 1 aromatic heterocycles. The van der Waals surface area contributed by atoms with Crippen molar-refractivity contribution < 1.29 is 4.39 Å². The van der Waals surface area contributed by atoms with Gasteiger partial charge in [0, 0.05) is 0 Å². The first-order valence-corrected chi connectivity index (χ1v) is 5.99. The van der Waals surface area contributed by atoms with Gasteiger partial charge in [-0.25, -0.2) is 9.07 Å². The van der Waals surface area contributed by atoms with Crippen molar-refractivity contribution in [2.45, 2.75) is 20.8 Å². The summed E-state index contributed by atoms with van der Waals surface area (Å²) in [6.45, 7) is 5.54. The highest BCUT2D eigenvalue weighted by molar-refractivity contribution is 9.10. The molecule has 90 valence electrons. The first kappa shape index (κ1) is 12.1. The van der Waals surface area contributed by atoms with Crippen molar-refractivity contribution in [3.8, 4) is 5.69 Å². The largest absolute Gasteiger partial charge is 0.397 e. The van der Waals surface area contributed by atoms with E-state index in [9.17, 15) is 4.39 Å². The van der Waals surface area contributed by atoms with Crippen LogP contribution in [-0.2, 0) is 0 Å². The molecule has 0 bridgehead atoms. The second-order valence-corrected chi connectivity index (χ2v) is 4.85. The highest BCUT2D eigenvalue weighted by atomic mass is 79.9. The van der Waals surface area contributed by atoms with Gasteiger partial charge in [0.1, 0.15) is 5.82 Å². The molecule has 17 heavy (non-hydrogen) atoms. The Labute approximate surface area is 108 Å². The van der Waals surface area contributed by atoms with Gasteiger partial charge in [0.05, 0.1) is 27.2 Å². The first-order valence-electron chi connectivity index (χ1n) is 5.19. The van der Waals surface area contributed by atoms with E-state index in [1.165, 1.54) is 6.07 Å². The fraction of sp³-hybridized carbons (Fsp3) is 0.250. The quantitative estimate of drug-likeness (QED) is 0.821. The molecule has 0 aliphatic rings. The van der Waals surface area contributed by atoms with E-state index in [1.54, 1.807) is 17.7 Å². The molecule has 0 amide bonds. The van der Waals surface area contributed by atoms with E-state index in [4.69, 9.17) is 5.73 Å². The molecule has 2 N–H and O–H groups in total. The van der Waals surface area contributed by atoms with E-state index in [1.807, 2.05) is 13.8 Å². The summed E-state index contributed by atoms with van der Waals surface area (Å²) in [5, 5.41) is 4.38. The molecule has 0 aliphatic heterocycles. The summed E-state index contributed by atoms with van der Waals surface area (Å²) in [4.78, 5) is 0. The summed E-state index contributed by atoms with van der Waals surface area (Å²) in [5.41, 5.74) is 9.30. The number of anilines is 1. The van der Waals surface area contributed by atoms with Crippen LogP contribution in [0.2, 0.25) is 0 Å². The predicted molar refractivity (Wildman–Crippen MR) is 69.8 cm³/mol. The molecule has 0 aliphatic carbocycles. The molecular formula is C12H13BrFN3. The highest BCUT2D eigenvalue weighted by Crippen LogP contribution is 2.27. The predicted octanol–water partition coefficient (Wildman–Crippen LogP) is 3.28. The summed E-state index contributed by atoms with van der Waals surface area (Å²) in [6.07, 6.45) is 0. The topological polar surface area (TPSA) is 43.8 Å². The number of hydrogen-bond acceptors (Lipinski definition) is 2. The fourth-order valence-electron chi connectivity index (χ4n) is 1.72. The molecule has 0 unspecified atom stereocenters. The van der Waals surface area contributed by atoms with Crippen LogP contribution < -0.4 is 5.73 Å². The van der Waals surface area contributed by atoms with Gasteiger partial charge >= 0.3 is 0 Å². The number of aryl methyl sites for hydroxylation is 2. The van der Waals surface area contributed by atoms with E-state index in [0.717, 1.165) is 15.9 Å². The Morgan fingerprint density at radius 3 is 2.47 bits per heavy atom. The van der Waals surface area contributed by atoms with Crippen LogP contribution in [0.15, 0.2) is 16.6 Å². The van der Waals surface area contributed by atoms with Gasteiger partial charge in [0.15, 0.2) is 0 Å². The van der Waals surface area contributed by atoms with Crippen molar-refractivity contribution in [1.29, 1.82) is 0 Å². The van der Waals surface area contributed by atoms with E-state index in [0.29, 0.717) is 16.9 Å². The van der Waals surface area contributed by atoms with Crippen LogP contribution >= 0.6 is 15.9 Å². The second-order valence-electron chi connectivity index (χ2n) is 4.06. The molecule has 0 saturated heterocycles. The van der Waals surface area contributed by atoms with Gasteiger partial charge in [-0.2, -0.15) is 5.10 Å². The van der Waals surface area contributed by atoms with Crippen LogP contribution in [0.4, 0.5) is 10.1 Å². The molecular weight excluding hydrogens is 285 g/mol. The molecule has 0 fully saturated rings. The summed E-state index contributed by atoms with van der Waals surface area (Å²) >= 11 is 3.46. The van der Waals surface area contributed by atoms with Crippen molar-refractivity contribution in [2.24, 2.45) is 0 Å². The number of halogens is 2. The highest BCUT2D eigenvalue weighted by Gasteiger charge is 2.13. The summed E-state index contributed by atoms with van der Waals surface area (Å²) in [5.74, 6) is -0.299. The maximum atomic E-state index is 13.3. The van der Waals surface area contributed by atoms with E-state index in [-0.39, 0.29) is 5.82 Å². The Balaban J connectivity index is 2.68. The zero-order chi connectivity index (χ0) is 12.7. The molecule has 0 radical (unpaired) electrons. The van der Waals surface area contributed by atoms with Gasteiger partial charge in [0.2, 0.25) is 0 Å². The minimum atomic E-state index is -0.299. The molecule has 3 nitrogen and oxygen atoms in total. The third-order valence-electron chi connectivity index (χ3n) is 2.74. The van der Waals surface area contributed by atoms with Gasteiger partial charge in [-0.15, -0.1) is 0 Å². The zero-order valence-corrected chi connectivity index (χ0v) is 11.5. The lowest BCUT2D eigenvalue weighted by Crippen LogP contribution is -2.05. The monoisotopic (exact) mass is 297 g/mol. The third-order valence-corrected chi connectivity index (χ3v) is 3.89. The molecule has 0 atom stereocenters. The summed E-state index contributed by atoms with van der Waals surface area (Å²) in [7, 11) is 0. The minimum absolute atomic E-state index is 0.299. The Kier molecular flexibility index (Phi) is 2.95. The Morgan fingerprint density at radius 1 is 1.29 bits per heavy atom. The molecule has 0 saturated carbocycles. The maximum Gasteiger partial charge on any atom is 0.128 e. The molecule has 2 rings (SSSR count). The number of nitrogens with two attached hydrogens (primary N) is 1. The Bertz CT molecular complexity index is 590. The molecule has 1 aromatic carbocycles. The lowest BCUT2D eigenvalue weighted by Gasteiger charge is -2.09. The molecule has 2 aromatic rings. The van der Waals surface area contributed by atoms with Crippen LogP contribution in [0, 0.1) is 26.6 Å². The van der Waals surface area contributed by atoms with E-state index in [2.05, 4.69) is 21.0 Å². The van der Waals surface area contributed by atoms with Crippen molar-refractivity contribution >= 4 is 21.6 Å². The maximum absolute atomic E-state index is 13.3. The number of benzene rings is 1. The lowest BCUT2D eigenvalue weighted by molar-refractivity contribution is 0.618. The van der Waals surface area contributed by atoms with Gasteiger partial charge < -0.3 is 5.73 Å². The zero-order valence-electron chi connectivity index (χ0n) is 9.88. The van der Waals surface area contributed by atoms with Gasteiger partial charge in [-0.1, -0.05) is 0 Å². The van der Waals surface area contributed by atoms with Crippen LogP contribution in [0.25, 0.3) is 5.69 Å². The number of nitrogen functional groups attached to an aromatic ring is 1. The van der Waals surface area contributed by atoms with Crippen molar-refractivity contribution in [3.05, 3.63) is 39.4 Å². The van der Waals surface area contributed by atoms with Crippen LogP contribution in [0.3, 0.4) is 0 Å². The minimum Gasteiger partial charge on any atom is -0.397 e. The van der Waals surface area contributed by atoms with Crippen LogP contribution in [0.5, 0.6) is 0 Å². The Hall–Kier alpha value is -1.36. The van der Waals surface area contributed by atoms with Gasteiger partial charge in [-0.05, 0) is 54.4 Å². The lowest BCUT2D eigenvalue weighted by atomic mass is 10.2. The number of rotatable bonds is 1. The molecule has 5 heteroatoms. The molecule has 0 spiro atoms. The average Bonchev–Trinajstić information content (AvgIpc) is 2.51. The third kappa shape index (κ3) is 1.95. The second kappa shape index (κ2) is 4.14. The van der Waals surface area contributed by atoms with E-state index >= 15 is 0 Å². The SMILES string of the molecule is Cc1cc(-n2nc(C)c(Br)c2C)c(N)cc1F. The number of aromatic nitrogens is 2. The van der Waals surface area contributed by atoms with E-state index < -0.39 is 0 Å². The fourth-order valence-corrected chi connectivity index (χ4v) is 1.97. The first-order chi connectivity index (χ1) is 7.91. The Morgan fingerprint density at radius 2 is 1.94 bits per heavy atom.